The Labute approximate surface area is 157 Å². The summed E-state index contributed by atoms with van der Waals surface area (Å²) >= 11 is 0. The van der Waals surface area contributed by atoms with Crippen molar-refractivity contribution in [3.05, 3.63) is 51.9 Å². The number of aliphatic hydroxyl groups is 1. The first-order valence-electron chi connectivity index (χ1n) is 8.89. The summed E-state index contributed by atoms with van der Waals surface area (Å²) in [5, 5.41) is 13.4. The molecule has 0 radical (unpaired) electrons. The van der Waals surface area contributed by atoms with Gasteiger partial charge in [-0.25, -0.2) is 4.98 Å². The number of likely N-dealkylation sites (N-methyl/N-ethyl adjacent to an activating group) is 1. The van der Waals surface area contributed by atoms with Crippen LogP contribution in [0.5, 0.6) is 0 Å². The summed E-state index contributed by atoms with van der Waals surface area (Å²) in [7, 11) is 3.86. The van der Waals surface area contributed by atoms with E-state index in [1.54, 1.807) is 6.07 Å². The van der Waals surface area contributed by atoms with Gasteiger partial charge >= 0.3 is 0 Å². The molecule has 3 aromatic rings. The topological polar surface area (TPSA) is 87.5 Å². The number of rotatable bonds is 6. The quantitative estimate of drug-likeness (QED) is 0.637. The van der Waals surface area contributed by atoms with Crippen LogP contribution in [0.1, 0.15) is 15.9 Å². The normalized spacial score (nSPS) is 11.4. The molecule has 0 fully saturated rings. The lowest BCUT2D eigenvalue weighted by molar-refractivity contribution is 0.0951. The van der Waals surface area contributed by atoms with E-state index in [1.807, 2.05) is 44.1 Å². The maximum Gasteiger partial charge on any atom is 0.260 e. The molecule has 0 atom stereocenters. The number of pyridine rings is 2. The third kappa shape index (κ3) is 3.84. The number of aromatic nitrogens is 2. The second kappa shape index (κ2) is 7.85. The Balaban J connectivity index is 2.20. The predicted octanol–water partition coefficient (Wildman–Crippen LogP) is 1.14. The molecule has 0 saturated carbocycles. The molecule has 2 aromatic heterocycles. The highest BCUT2D eigenvalue weighted by Gasteiger charge is 2.17. The first-order chi connectivity index (χ1) is 12.9. The molecule has 0 aliphatic heterocycles. The molecule has 7 heteroatoms. The maximum absolute atomic E-state index is 12.8. The molecular weight excluding hydrogens is 344 g/mol. The van der Waals surface area contributed by atoms with E-state index in [0.29, 0.717) is 29.6 Å². The number of amides is 1. The van der Waals surface area contributed by atoms with Crippen molar-refractivity contribution in [2.24, 2.45) is 0 Å². The highest BCUT2D eigenvalue weighted by atomic mass is 16.3. The fraction of sp³-hybridized carbons (Fsp3) is 0.350. The van der Waals surface area contributed by atoms with Gasteiger partial charge in [0.25, 0.3) is 11.5 Å². The molecule has 0 saturated heterocycles. The van der Waals surface area contributed by atoms with Gasteiger partial charge < -0.3 is 19.9 Å². The van der Waals surface area contributed by atoms with Crippen LogP contribution in [0.25, 0.3) is 21.8 Å². The van der Waals surface area contributed by atoms with Gasteiger partial charge in [0.1, 0.15) is 0 Å². The fourth-order valence-electron chi connectivity index (χ4n) is 3.07. The number of aryl methyl sites for hydroxylation is 1. The molecule has 0 unspecified atom stereocenters. The van der Waals surface area contributed by atoms with Crippen molar-refractivity contribution >= 4 is 27.7 Å². The van der Waals surface area contributed by atoms with E-state index < -0.39 is 0 Å². The minimum atomic E-state index is -0.283. The highest BCUT2D eigenvalue weighted by Crippen LogP contribution is 2.22. The Hall–Kier alpha value is -2.77. The van der Waals surface area contributed by atoms with Crippen LogP contribution in [-0.4, -0.2) is 59.3 Å². The van der Waals surface area contributed by atoms with Crippen LogP contribution in [0.3, 0.4) is 0 Å². The van der Waals surface area contributed by atoms with Gasteiger partial charge in [-0.15, -0.1) is 0 Å². The summed E-state index contributed by atoms with van der Waals surface area (Å²) in [6.07, 6.45) is 1.49. The van der Waals surface area contributed by atoms with Crippen LogP contribution in [0.2, 0.25) is 0 Å². The average Bonchev–Trinajstić information content (AvgIpc) is 2.63. The number of nitrogens with zero attached hydrogens (tertiary/aromatic N) is 3. The fourth-order valence-corrected chi connectivity index (χ4v) is 3.07. The molecule has 7 nitrogen and oxygen atoms in total. The van der Waals surface area contributed by atoms with Gasteiger partial charge in [-0.2, -0.15) is 0 Å². The summed E-state index contributed by atoms with van der Waals surface area (Å²) in [6, 6.07) is 7.53. The minimum Gasteiger partial charge on any atom is -0.395 e. The zero-order valence-electron chi connectivity index (χ0n) is 15.8. The number of aliphatic hydroxyl groups excluding tert-OH is 1. The lowest BCUT2D eigenvalue weighted by Crippen LogP contribution is -2.33. The summed E-state index contributed by atoms with van der Waals surface area (Å²) in [4.78, 5) is 32.2. The predicted molar refractivity (Wildman–Crippen MR) is 106 cm³/mol. The molecule has 2 heterocycles. The van der Waals surface area contributed by atoms with E-state index in [4.69, 9.17) is 0 Å². The van der Waals surface area contributed by atoms with Crippen molar-refractivity contribution in [3.63, 3.8) is 0 Å². The zero-order valence-corrected chi connectivity index (χ0v) is 15.8. The first-order valence-corrected chi connectivity index (χ1v) is 8.89. The van der Waals surface area contributed by atoms with Gasteiger partial charge in [0.2, 0.25) is 0 Å². The van der Waals surface area contributed by atoms with E-state index in [9.17, 15) is 14.7 Å². The van der Waals surface area contributed by atoms with Crippen molar-refractivity contribution in [3.8, 4) is 0 Å². The summed E-state index contributed by atoms with van der Waals surface area (Å²) in [6.45, 7) is 3.07. The lowest BCUT2D eigenvalue weighted by Gasteiger charge is -2.14. The second-order valence-electron chi connectivity index (χ2n) is 6.86. The van der Waals surface area contributed by atoms with E-state index >= 15 is 0 Å². The van der Waals surface area contributed by atoms with Crippen molar-refractivity contribution in [1.29, 1.82) is 0 Å². The van der Waals surface area contributed by atoms with Gasteiger partial charge in [-0.3, -0.25) is 9.59 Å². The van der Waals surface area contributed by atoms with E-state index in [2.05, 4.69) is 10.3 Å². The Morgan fingerprint density at radius 1 is 1.30 bits per heavy atom. The SMILES string of the molecule is Cc1cccc2cc3c(=O)n(CCO)cc(C(=O)NCCN(C)C)c3nc12. The van der Waals surface area contributed by atoms with Crippen molar-refractivity contribution in [2.75, 3.05) is 33.8 Å². The summed E-state index contributed by atoms with van der Waals surface area (Å²) < 4.78 is 1.37. The number of fused-ring (bicyclic) bond motifs is 2. The number of carbonyl (C=O) groups is 1. The standard InChI is InChI=1S/C20H24N4O3/c1-13-5-4-6-14-11-15-18(22-17(13)14)16(12-24(9-10-25)20(15)27)19(26)21-7-8-23(2)3/h4-6,11-12,25H,7-10H2,1-3H3,(H,21,26). The van der Waals surface area contributed by atoms with Crippen LogP contribution in [0, 0.1) is 6.92 Å². The number of hydrogen-bond donors (Lipinski definition) is 2. The van der Waals surface area contributed by atoms with Crippen molar-refractivity contribution < 1.29 is 9.90 Å². The maximum atomic E-state index is 12.8. The van der Waals surface area contributed by atoms with Crippen LogP contribution < -0.4 is 10.9 Å². The van der Waals surface area contributed by atoms with Crippen LogP contribution >= 0.6 is 0 Å². The van der Waals surface area contributed by atoms with Crippen molar-refractivity contribution in [1.82, 2.24) is 19.8 Å². The minimum absolute atomic E-state index is 0.124. The molecule has 2 N–H and O–H groups in total. The third-order valence-electron chi connectivity index (χ3n) is 4.51. The Morgan fingerprint density at radius 3 is 2.78 bits per heavy atom. The van der Waals surface area contributed by atoms with Crippen molar-refractivity contribution in [2.45, 2.75) is 13.5 Å². The van der Waals surface area contributed by atoms with E-state index in [0.717, 1.165) is 16.5 Å². The molecule has 142 valence electrons. The smallest absolute Gasteiger partial charge is 0.260 e. The number of hydrogen-bond acceptors (Lipinski definition) is 5. The van der Waals surface area contributed by atoms with Crippen LogP contribution in [0.15, 0.2) is 35.3 Å². The summed E-state index contributed by atoms with van der Waals surface area (Å²) in [5.41, 5.74) is 2.21. The number of para-hydroxylation sites is 1. The van der Waals surface area contributed by atoms with E-state index in [1.165, 1.54) is 10.8 Å². The van der Waals surface area contributed by atoms with Crippen LogP contribution in [-0.2, 0) is 6.54 Å². The average molecular weight is 368 g/mol. The molecule has 0 aliphatic carbocycles. The Bertz CT molecular complexity index is 1060. The second-order valence-corrected chi connectivity index (χ2v) is 6.86. The number of carbonyl (C=O) groups excluding carboxylic acids is 1. The Kier molecular flexibility index (Phi) is 5.53. The Morgan fingerprint density at radius 2 is 2.07 bits per heavy atom. The molecule has 1 amide bonds. The molecule has 0 bridgehead atoms. The van der Waals surface area contributed by atoms with Gasteiger partial charge in [0, 0.05) is 31.2 Å². The van der Waals surface area contributed by atoms with Gasteiger partial charge in [-0.05, 0) is 32.6 Å². The number of nitrogens with one attached hydrogen (secondary N) is 1. The number of benzene rings is 1. The van der Waals surface area contributed by atoms with E-state index in [-0.39, 0.29) is 24.6 Å². The van der Waals surface area contributed by atoms with Gasteiger partial charge in [-0.1, -0.05) is 18.2 Å². The molecule has 27 heavy (non-hydrogen) atoms. The monoisotopic (exact) mass is 368 g/mol. The molecule has 0 spiro atoms. The molecular formula is C20H24N4O3. The molecule has 0 aliphatic rings. The van der Waals surface area contributed by atoms with Gasteiger partial charge in [0.15, 0.2) is 0 Å². The largest absolute Gasteiger partial charge is 0.395 e. The molecule has 3 rings (SSSR count). The lowest BCUT2D eigenvalue weighted by atomic mass is 10.1. The summed E-state index contributed by atoms with van der Waals surface area (Å²) in [5.74, 6) is -0.283. The first kappa shape index (κ1) is 19.0. The van der Waals surface area contributed by atoms with Gasteiger partial charge in [0.05, 0.1) is 28.6 Å². The van der Waals surface area contributed by atoms with Crippen LogP contribution in [0.4, 0.5) is 0 Å². The highest BCUT2D eigenvalue weighted by molar-refractivity contribution is 6.07. The third-order valence-corrected chi connectivity index (χ3v) is 4.51. The molecule has 1 aromatic carbocycles. The zero-order chi connectivity index (χ0) is 19.6.